The van der Waals surface area contributed by atoms with Crippen LogP contribution in [0.1, 0.15) is 278 Å². The molecule has 3 atom stereocenters. The summed E-state index contributed by atoms with van der Waals surface area (Å²) in [6.07, 6.45) is 57.8. The van der Waals surface area contributed by atoms with Crippen molar-refractivity contribution >= 4 is 25.7 Å². The van der Waals surface area contributed by atoms with E-state index in [-0.39, 0.29) is 25.9 Å². The van der Waals surface area contributed by atoms with Crippen LogP contribution in [-0.2, 0) is 42.2 Å². The maximum atomic E-state index is 12.9. The fraction of sp³-hybridized carbons (Fsp3) is 0.817. The van der Waals surface area contributed by atoms with Gasteiger partial charge in [0.15, 0.2) is 6.10 Å². The van der Waals surface area contributed by atoms with Crippen molar-refractivity contribution in [1.29, 1.82) is 0 Å². The molecule has 0 aromatic carbocycles. The van der Waals surface area contributed by atoms with Crippen molar-refractivity contribution in [2.24, 2.45) is 0 Å². The molecule has 0 saturated carbocycles. The molecule has 0 aromatic rings. The molecule has 0 rings (SSSR count). The van der Waals surface area contributed by atoms with Crippen LogP contribution in [0.15, 0.2) is 48.6 Å². The summed E-state index contributed by atoms with van der Waals surface area (Å²) in [5.74, 6) is -1.47. The minimum Gasteiger partial charge on any atom is -0.462 e. The number of aliphatic hydroxyl groups excluding tert-OH is 1. The van der Waals surface area contributed by atoms with E-state index in [1.807, 2.05) is 0 Å². The molecule has 0 radical (unpaired) electrons. The largest absolute Gasteiger partial charge is 0.472 e. The number of hydrogen-bond acceptors (Lipinski definition) is 10. The summed E-state index contributed by atoms with van der Waals surface area (Å²) in [5.41, 5.74) is 0. The van der Waals surface area contributed by atoms with Crippen LogP contribution in [0.2, 0.25) is 0 Å². The molecule has 0 aliphatic heterocycles. The molecule has 0 aliphatic rings. The number of hydrogen-bond donors (Lipinski definition) is 2. The Balaban J connectivity index is 4.72. The molecule has 0 fully saturated rings. The maximum Gasteiger partial charge on any atom is 0.472 e. The van der Waals surface area contributed by atoms with Gasteiger partial charge in [-0.15, -0.1) is 0 Å². The molecule has 0 spiro atoms. The second kappa shape index (κ2) is 54.7. The van der Waals surface area contributed by atoms with Gasteiger partial charge in [0.05, 0.1) is 19.8 Å². The van der Waals surface area contributed by atoms with E-state index in [1.165, 1.54) is 109 Å². The maximum absolute atomic E-state index is 12.9. The lowest BCUT2D eigenvalue weighted by Crippen LogP contribution is -2.30. The minimum atomic E-state index is -4.75. The average Bonchev–Trinajstić information content (AvgIpc) is 3.37. The molecular weight excluding hydrogens is 928 g/mol. The van der Waals surface area contributed by atoms with Gasteiger partial charge in [0.1, 0.15) is 12.7 Å². The van der Waals surface area contributed by atoms with Crippen LogP contribution in [0.5, 0.6) is 0 Å². The predicted molar refractivity (Wildman–Crippen MR) is 298 cm³/mol. The summed E-state index contributed by atoms with van der Waals surface area (Å²) >= 11 is 0. The van der Waals surface area contributed by atoms with Crippen LogP contribution in [0, 0.1) is 0 Å². The summed E-state index contributed by atoms with van der Waals surface area (Å²) in [5, 5.41) is 9.81. The molecule has 0 aliphatic carbocycles. The Morgan fingerprint density at radius 2 is 0.722 bits per heavy atom. The zero-order valence-corrected chi connectivity index (χ0v) is 47.3. The Morgan fingerprint density at radius 1 is 0.403 bits per heavy atom. The van der Waals surface area contributed by atoms with Crippen LogP contribution in [-0.4, -0.2) is 66.5 Å². The zero-order valence-electron chi connectivity index (χ0n) is 46.4. The van der Waals surface area contributed by atoms with Crippen LogP contribution in [0.4, 0.5) is 0 Å². The third-order valence-electron chi connectivity index (χ3n) is 12.7. The van der Waals surface area contributed by atoms with Crippen LogP contribution in [0.3, 0.4) is 0 Å². The van der Waals surface area contributed by atoms with E-state index in [0.29, 0.717) is 19.3 Å². The Bertz CT molecular complexity index is 1400. The first-order valence-electron chi connectivity index (χ1n) is 29.5. The highest BCUT2D eigenvalue weighted by atomic mass is 31.2. The second-order valence-corrected chi connectivity index (χ2v) is 21.2. The third kappa shape index (κ3) is 52.3. The van der Waals surface area contributed by atoms with Gasteiger partial charge < -0.3 is 24.2 Å². The van der Waals surface area contributed by atoms with Crippen molar-refractivity contribution in [2.45, 2.75) is 290 Å². The molecule has 420 valence electrons. The first-order chi connectivity index (χ1) is 35.2. The number of ether oxygens (including phenoxy) is 3. The molecule has 0 amide bonds. The van der Waals surface area contributed by atoms with Gasteiger partial charge in [0, 0.05) is 19.3 Å². The number of rotatable bonds is 55. The molecule has 0 saturated heterocycles. The van der Waals surface area contributed by atoms with Crippen molar-refractivity contribution < 1.29 is 52.2 Å². The van der Waals surface area contributed by atoms with Crippen molar-refractivity contribution in [2.75, 3.05) is 26.4 Å². The van der Waals surface area contributed by atoms with Crippen molar-refractivity contribution in [1.82, 2.24) is 0 Å². The number of aliphatic hydroxyl groups is 1. The summed E-state index contributed by atoms with van der Waals surface area (Å²) in [6.45, 7) is 4.54. The average molecular weight is 1040 g/mol. The smallest absolute Gasteiger partial charge is 0.462 e. The molecule has 11 nitrogen and oxygen atoms in total. The van der Waals surface area contributed by atoms with Gasteiger partial charge in [-0.25, -0.2) is 4.57 Å². The highest BCUT2D eigenvalue weighted by Crippen LogP contribution is 2.43. The molecule has 3 unspecified atom stereocenters. The molecule has 0 heterocycles. The number of phosphoric ester groups is 1. The van der Waals surface area contributed by atoms with Crippen LogP contribution in [0.25, 0.3) is 0 Å². The van der Waals surface area contributed by atoms with Gasteiger partial charge in [0.25, 0.3) is 0 Å². The van der Waals surface area contributed by atoms with Gasteiger partial charge in [0.2, 0.25) is 0 Å². The summed E-state index contributed by atoms with van der Waals surface area (Å²) in [4.78, 5) is 48.5. The van der Waals surface area contributed by atoms with Crippen molar-refractivity contribution in [3.05, 3.63) is 48.6 Å². The first kappa shape index (κ1) is 69.4. The molecule has 0 bridgehead atoms. The van der Waals surface area contributed by atoms with E-state index in [9.17, 15) is 28.9 Å². The number of unbranched alkanes of at least 4 members (excludes halogenated alkanes) is 30. The van der Waals surface area contributed by atoms with E-state index in [0.717, 1.165) is 109 Å². The lowest BCUT2D eigenvalue weighted by atomic mass is 10.0. The highest BCUT2D eigenvalue weighted by Gasteiger charge is 2.28. The lowest BCUT2D eigenvalue weighted by molar-refractivity contribution is -0.161. The predicted octanol–water partition coefficient (Wildman–Crippen LogP) is 17.4. The standard InChI is InChI=1S/C60H109O11P/c1-4-7-10-13-16-19-22-25-27-28-30-32-34-37-40-43-46-49-58(62)67-53-57(71-60(64)51-48-45-42-39-36-33-29-26-23-20-17-14-11-8-5-2)55-69-72(65,66)68-54-56(52-61)70-59(63)50-47-44-41-38-35-31-24-21-18-15-12-9-6-3/h7,10,16,19,25-27,29,56-57,61H,4-6,8-9,11-15,17-18,20-24,28,30-55H2,1-3H3,(H,65,66)/b10-7-,19-16-,27-25-,29-26-. The normalized spacial score (nSPS) is 13.7. The fourth-order valence-electron chi connectivity index (χ4n) is 8.25. The SMILES string of the molecule is CC/C=C\C/C=C\C/C=C\CCCCCCCCCC(=O)OCC(COP(=O)(O)OCC(CO)OC(=O)CCCCCCCCCCCCCCC)OC(=O)CCCCCCC/C=C\CCCCCCCC. The molecule has 72 heavy (non-hydrogen) atoms. The Hall–Kier alpha value is -2.56. The quantitative estimate of drug-likeness (QED) is 0.0197. The van der Waals surface area contributed by atoms with Crippen LogP contribution >= 0.6 is 7.82 Å². The Morgan fingerprint density at radius 3 is 1.12 bits per heavy atom. The monoisotopic (exact) mass is 1040 g/mol. The third-order valence-corrected chi connectivity index (χ3v) is 13.7. The van der Waals surface area contributed by atoms with Gasteiger partial charge >= 0.3 is 25.7 Å². The number of carbonyl (C=O) groups is 3. The topological polar surface area (TPSA) is 155 Å². The highest BCUT2D eigenvalue weighted by molar-refractivity contribution is 7.47. The van der Waals surface area contributed by atoms with E-state index in [1.54, 1.807) is 0 Å². The first-order valence-corrected chi connectivity index (χ1v) is 31.0. The van der Waals surface area contributed by atoms with Gasteiger partial charge in [-0.3, -0.25) is 23.4 Å². The lowest BCUT2D eigenvalue weighted by Gasteiger charge is -2.21. The van der Waals surface area contributed by atoms with Crippen LogP contribution < -0.4 is 0 Å². The van der Waals surface area contributed by atoms with E-state index >= 15 is 0 Å². The number of phosphoric acid groups is 1. The number of carbonyl (C=O) groups excluding carboxylic acids is 3. The van der Waals surface area contributed by atoms with E-state index < -0.39 is 57.8 Å². The van der Waals surface area contributed by atoms with Gasteiger partial charge in [-0.1, -0.05) is 230 Å². The second-order valence-electron chi connectivity index (χ2n) is 19.8. The molecular formula is C60H109O11P. The van der Waals surface area contributed by atoms with E-state index in [4.69, 9.17) is 23.3 Å². The fourth-order valence-corrected chi connectivity index (χ4v) is 9.03. The molecule has 12 heteroatoms. The van der Waals surface area contributed by atoms with Gasteiger partial charge in [-0.05, 0) is 77.0 Å². The van der Waals surface area contributed by atoms with Crippen molar-refractivity contribution in [3.8, 4) is 0 Å². The number of esters is 3. The molecule has 0 aromatic heterocycles. The number of allylic oxidation sites excluding steroid dienone is 8. The van der Waals surface area contributed by atoms with Crippen molar-refractivity contribution in [3.63, 3.8) is 0 Å². The van der Waals surface area contributed by atoms with E-state index in [2.05, 4.69) is 69.4 Å². The minimum absolute atomic E-state index is 0.157. The Kier molecular flexibility index (Phi) is 52.7. The Labute approximate surface area is 441 Å². The zero-order chi connectivity index (χ0) is 52.7. The summed E-state index contributed by atoms with van der Waals surface area (Å²) in [7, 11) is -4.75. The van der Waals surface area contributed by atoms with Gasteiger partial charge in [-0.2, -0.15) is 0 Å². The summed E-state index contributed by atoms with van der Waals surface area (Å²) in [6, 6.07) is 0. The molecule has 2 N–H and O–H groups in total. The summed E-state index contributed by atoms with van der Waals surface area (Å²) < 4.78 is 39.5.